The Morgan fingerprint density at radius 3 is 2.67 bits per heavy atom. The Morgan fingerprint density at radius 1 is 1.19 bits per heavy atom. The lowest BCUT2D eigenvalue weighted by Crippen LogP contribution is -2.27. The molecule has 1 N–H and O–H groups in total. The maximum Gasteiger partial charge on any atom is 0.224 e. The number of rotatable bonds is 7. The highest BCUT2D eigenvalue weighted by Gasteiger charge is 2.27. The van der Waals surface area contributed by atoms with Crippen molar-refractivity contribution in [1.82, 2.24) is 10.2 Å². The Kier molecular flexibility index (Phi) is 6.24. The molecule has 1 aliphatic heterocycles. The van der Waals surface area contributed by atoms with E-state index in [1.54, 1.807) is 0 Å². The van der Waals surface area contributed by atoms with Crippen molar-refractivity contribution in [2.45, 2.75) is 52.0 Å². The number of amides is 1. The lowest BCUT2D eigenvalue weighted by Gasteiger charge is -2.23. The van der Waals surface area contributed by atoms with E-state index in [0.29, 0.717) is 6.42 Å². The van der Waals surface area contributed by atoms with Gasteiger partial charge in [0.1, 0.15) is 0 Å². The molecular weight excluding hydrogens is 260 g/mol. The zero-order valence-electron chi connectivity index (χ0n) is 13.4. The van der Waals surface area contributed by atoms with Crippen molar-refractivity contribution in [2.75, 3.05) is 19.6 Å². The van der Waals surface area contributed by atoms with Gasteiger partial charge in [-0.05, 0) is 44.3 Å². The van der Waals surface area contributed by atoms with Crippen molar-refractivity contribution >= 4 is 5.91 Å². The van der Waals surface area contributed by atoms with E-state index in [1.165, 1.54) is 37.1 Å². The lowest BCUT2D eigenvalue weighted by molar-refractivity contribution is -0.119. The highest BCUT2D eigenvalue weighted by Crippen LogP contribution is 2.27. The van der Waals surface area contributed by atoms with E-state index in [0.717, 1.165) is 19.4 Å². The van der Waals surface area contributed by atoms with Crippen LogP contribution in [0.25, 0.3) is 0 Å². The fraction of sp³-hybridized carbons (Fsp3) is 0.611. The van der Waals surface area contributed by atoms with E-state index in [1.807, 2.05) is 6.08 Å². The minimum Gasteiger partial charge on any atom is -0.346 e. The number of carbonyl (C=O) groups is 1. The third-order valence-electron chi connectivity index (χ3n) is 4.22. The maximum absolute atomic E-state index is 11.7. The molecule has 21 heavy (non-hydrogen) atoms. The molecule has 116 valence electrons. The number of nitrogens with zero attached hydrogens (tertiary/aromatic N) is 1. The van der Waals surface area contributed by atoms with Gasteiger partial charge in [0.15, 0.2) is 0 Å². The SMILES string of the molecule is CCCN(CCC)CC/C1=C2\CC(=O)NC2C=C/C=C\C1. The number of allylic oxidation sites excluding steroid dienone is 3. The average Bonchev–Trinajstić information content (AvgIpc) is 2.80. The molecule has 2 rings (SSSR count). The van der Waals surface area contributed by atoms with E-state index in [9.17, 15) is 4.79 Å². The van der Waals surface area contributed by atoms with E-state index in [2.05, 4.69) is 42.3 Å². The van der Waals surface area contributed by atoms with Crippen LogP contribution in [0.15, 0.2) is 35.5 Å². The van der Waals surface area contributed by atoms with Crippen LogP contribution in [0.2, 0.25) is 0 Å². The molecule has 2 aliphatic rings. The Morgan fingerprint density at radius 2 is 1.95 bits per heavy atom. The third-order valence-corrected chi connectivity index (χ3v) is 4.22. The van der Waals surface area contributed by atoms with Crippen molar-refractivity contribution in [3.8, 4) is 0 Å². The fourth-order valence-electron chi connectivity index (χ4n) is 3.22. The molecular formula is C18H28N2O. The summed E-state index contributed by atoms with van der Waals surface area (Å²) in [4.78, 5) is 14.3. The van der Waals surface area contributed by atoms with Crippen LogP contribution < -0.4 is 5.32 Å². The topological polar surface area (TPSA) is 32.3 Å². The molecule has 3 nitrogen and oxygen atoms in total. The summed E-state index contributed by atoms with van der Waals surface area (Å²) in [6.45, 7) is 7.94. The van der Waals surface area contributed by atoms with Crippen LogP contribution in [0.1, 0.15) is 46.0 Å². The molecule has 0 radical (unpaired) electrons. The molecule has 0 aromatic heterocycles. The second-order valence-electron chi connectivity index (χ2n) is 5.96. The zero-order valence-corrected chi connectivity index (χ0v) is 13.4. The predicted octanol–water partition coefficient (Wildman–Crippen LogP) is 3.20. The van der Waals surface area contributed by atoms with Crippen LogP contribution in [-0.4, -0.2) is 36.5 Å². The lowest BCUT2D eigenvalue weighted by atomic mass is 9.94. The Balaban J connectivity index is 2.06. The first-order valence-corrected chi connectivity index (χ1v) is 8.30. The number of hydrogen-bond acceptors (Lipinski definition) is 2. The van der Waals surface area contributed by atoms with Crippen molar-refractivity contribution < 1.29 is 4.79 Å². The molecule has 0 bridgehead atoms. The highest BCUT2D eigenvalue weighted by molar-refractivity contribution is 5.84. The minimum absolute atomic E-state index is 0.128. The largest absolute Gasteiger partial charge is 0.346 e. The summed E-state index contributed by atoms with van der Waals surface area (Å²) in [6.07, 6.45) is 13.5. The van der Waals surface area contributed by atoms with Crippen LogP contribution in [0, 0.1) is 0 Å². The average molecular weight is 288 g/mol. The van der Waals surface area contributed by atoms with Gasteiger partial charge >= 0.3 is 0 Å². The summed E-state index contributed by atoms with van der Waals surface area (Å²) in [5.41, 5.74) is 2.77. The van der Waals surface area contributed by atoms with Crippen LogP contribution in [0.5, 0.6) is 0 Å². The summed E-state index contributed by atoms with van der Waals surface area (Å²) >= 11 is 0. The Labute approximate surface area is 128 Å². The number of carbonyl (C=O) groups excluding carboxylic acids is 1. The Hall–Kier alpha value is -1.35. The summed E-state index contributed by atoms with van der Waals surface area (Å²) in [6, 6.07) is 0.128. The van der Waals surface area contributed by atoms with Gasteiger partial charge in [0, 0.05) is 6.54 Å². The monoisotopic (exact) mass is 288 g/mol. The molecule has 1 aliphatic carbocycles. The van der Waals surface area contributed by atoms with E-state index < -0.39 is 0 Å². The molecule has 1 heterocycles. The third kappa shape index (κ3) is 4.57. The van der Waals surface area contributed by atoms with Gasteiger partial charge in [-0.25, -0.2) is 0 Å². The Bertz CT molecular complexity index is 442. The molecule has 0 aromatic carbocycles. The van der Waals surface area contributed by atoms with Crippen LogP contribution in [0.4, 0.5) is 0 Å². The van der Waals surface area contributed by atoms with Gasteiger partial charge in [0.25, 0.3) is 0 Å². The zero-order chi connectivity index (χ0) is 15.1. The van der Waals surface area contributed by atoms with Crippen molar-refractivity contribution in [3.05, 3.63) is 35.5 Å². The quantitative estimate of drug-likeness (QED) is 0.730. The summed E-state index contributed by atoms with van der Waals surface area (Å²) in [5.74, 6) is 0.165. The number of hydrogen-bond donors (Lipinski definition) is 1. The molecule has 1 amide bonds. The summed E-state index contributed by atoms with van der Waals surface area (Å²) < 4.78 is 0. The molecule has 0 aromatic rings. The molecule has 0 saturated carbocycles. The van der Waals surface area contributed by atoms with Gasteiger partial charge in [-0.1, -0.05) is 43.7 Å². The van der Waals surface area contributed by atoms with E-state index in [4.69, 9.17) is 0 Å². The van der Waals surface area contributed by atoms with Crippen LogP contribution in [-0.2, 0) is 4.79 Å². The molecule has 1 unspecified atom stereocenters. The van der Waals surface area contributed by atoms with Gasteiger partial charge in [0.05, 0.1) is 12.5 Å². The highest BCUT2D eigenvalue weighted by atomic mass is 16.1. The minimum atomic E-state index is 0.128. The number of fused-ring (bicyclic) bond motifs is 1. The standard InChI is InChI=1S/C18H28N2O/c1-3-11-20(12-4-2)13-10-15-8-6-5-7-9-17-16(15)14-18(21)19-17/h5-7,9,17H,3-4,8,10-14H2,1-2H3,(H,19,21)/b6-5-,9-7?,16-15+. The normalized spacial score (nSPS) is 26.4. The second-order valence-corrected chi connectivity index (χ2v) is 5.96. The van der Waals surface area contributed by atoms with Crippen molar-refractivity contribution in [2.24, 2.45) is 0 Å². The van der Waals surface area contributed by atoms with Crippen LogP contribution in [0.3, 0.4) is 0 Å². The van der Waals surface area contributed by atoms with Crippen molar-refractivity contribution in [1.29, 1.82) is 0 Å². The molecule has 0 spiro atoms. The first kappa shape index (κ1) is 16.0. The van der Waals surface area contributed by atoms with Gasteiger partial charge in [-0.2, -0.15) is 0 Å². The summed E-state index contributed by atoms with van der Waals surface area (Å²) in [7, 11) is 0. The fourth-order valence-corrected chi connectivity index (χ4v) is 3.22. The van der Waals surface area contributed by atoms with Gasteiger partial charge in [0.2, 0.25) is 5.91 Å². The molecule has 1 atom stereocenters. The van der Waals surface area contributed by atoms with E-state index in [-0.39, 0.29) is 11.9 Å². The van der Waals surface area contributed by atoms with Gasteiger partial charge in [-0.3, -0.25) is 4.79 Å². The first-order valence-electron chi connectivity index (χ1n) is 8.30. The predicted molar refractivity (Wildman–Crippen MR) is 88.1 cm³/mol. The first-order chi connectivity index (χ1) is 10.2. The second kappa shape index (κ2) is 8.18. The number of nitrogens with one attached hydrogen (secondary N) is 1. The van der Waals surface area contributed by atoms with Crippen LogP contribution >= 0.6 is 0 Å². The summed E-state index contributed by atoms with van der Waals surface area (Å²) in [5, 5.41) is 3.06. The van der Waals surface area contributed by atoms with Gasteiger partial charge < -0.3 is 10.2 Å². The van der Waals surface area contributed by atoms with Crippen molar-refractivity contribution in [3.63, 3.8) is 0 Å². The molecule has 1 saturated heterocycles. The maximum atomic E-state index is 11.7. The van der Waals surface area contributed by atoms with Gasteiger partial charge in [-0.15, -0.1) is 0 Å². The smallest absolute Gasteiger partial charge is 0.224 e. The molecule has 3 heteroatoms. The molecule has 1 fully saturated rings. The van der Waals surface area contributed by atoms with E-state index >= 15 is 0 Å².